The predicted octanol–water partition coefficient (Wildman–Crippen LogP) is 3.71. The quantitative estimate of drug-likeness (QED) is 0.240. The van der Waals surface area contributed by atoms with Gasteiger partial charge in [-0.1, -0.05) is 60.7 Å². The van der Waals surface area contributed by atoms with E-state index in [9.17, 15) is 8.42 Å². The zero-order chi connectivity index (χ0) is 19.5. The van der Waals surface area contributed by atoms with Crippen molar-refractivity contribution in [3.8, 4) is 0 Å². The highest BCUT2D eigenvalue weighted by Crippen LogP contribution is 2.08. The molecule has 0 aromatic heterocycles. The van der Waals surface area contributed by atoms with Crippen LogP contribution in [0, 0.1) is 0 Å². The molecule has 2 aromatic carbocycles. The second-order valence-corrected chi connectivity index (χ2v) is 8.69. The SMILES string of the molecule is CCNC(=NCCCS(=O)(=O)Cc1ccccc1)N(C)Cc1ccccc1.I. The Morgan fingerprint density at radius 3 is 2.14 bits per heavy atom. The standard InChI is InChI=1S/C21H29N3O2S.HI/c1-3-22-21(24(2)17-19-11-6-4-7-12-19)23-15-10-16-27(25,26)18-20-13-8-5-9-14-20;/h4-9,11-14H,3,10,15-18H2,1-2H3,(H,22,23);1H. The fraction of sp³-hybridized carbons (Fsp3) is 0.381. The number of nitrogens with zero attached hydrogens (tertiary/aromatic N) is 2. The lowest BCUT2D eigenvalue weighted by Crippen LogP contribution is -2.38. The minimum Gasteiger partial charge on any atom is -0.357 e. The maximum atomic E-state index is 12.3. The molecule has 2 rings (SSSR count). The van der Waals surface area contributed by atoms with Crippen molar-refractivity contribution in [2.75, 3.05) is 25.9 Å². The molecule has 0 atom stereocenters. The van der Waals surface area contributed by atoms with E-state index in [-0.39, 0.29) is 35.5 Å². The average molecular weight is 515 g/mol. The van der Waals surface area contributed by atoms with E-state index in [0.29, 0.717) is 13.0 Å². The molecule has 0 aliphatic heterocycles. The van der Waals surface area contributed by atoms with Gasteiger partial charge in [-0.3, -0.25) is 4.99 Å². The third-order valence-corrected chi connectivity index (χ3v) is 5.75. The largest absolute Gasteiger partial charge is 0.357 e. The number of hydrogen-bond acceptors (Lipinski definition) is 3. The summed E-state index contributed by atoms with van der Waals surface area (Å²) in [5.41, 5.74) is 2.04. The fourth-order valence-corrected chi connectivity index (χ4v) is 4.19. The second-order valence-electron chi connectivity index (χ2n) is 6.51. The molecule has 0 saturated heterocycles. The Bertz CT molecular complexity index is 812. The normalized spacial score (nSPS) is 11.6. The molecule has 0 amide bonds. The molecule has 0 unspecified atom stereocenters. The monoisotopic (exact) mass is 515 g/mol. The lowest BCUT2D eigenvalue weighted by molar-refractivity contribution is 0.477. The van der Waals surface area contributed by atoms with Crippen LogP contribution in [0.4, 0.5) is 0 Å². The van der Waals surface area contributed by atoms with Crippen LogP contribution in [0.15, 0.2) is 65.7 Å². The van der Waals surface area contributed by atoms with E-state index in [1.807, 2.05) is 62.5 Å². The van der Waals surface area contributed by atoms with Gasteiger partial charge in [0, 0.05) is 26.7 Å². The maximum Gasteiger partial charge on any atom is 0.193 e. The summed E-state index contributed by atoms with van der Waals surface area (Å²) in [7, 11) is -1.13. The van der Waals surface area contributed by atoms with Gasteiger partial charge in [0.15, 0.2) is 15.8 Å². The Labute approximate surface area is 186 Å². The van der Waals surface area contributed by atoms with Crippen LogP contribution in [0.5, 0.6) is 0 Å². The number of aliphatic imine (C=N–C) groups is 1. The molecule has 0 saturated carbocycles. The van der Waals surface area contributed by atoms with Crippen LogP contribution in [0.3, 0.4) is 0 Å². The number of halogens is 1. The molecule has 0 heterocycles. The molecule has 0 radical (unpaired) electrons. The van der Waals surface area contributed by atoms with E-state index in [0.717, 1.165) is 24.6 Å². The number of hydrogen-bond donors (Lipinski definition) is 1. The Hall–Kier alpha value is -1.61. The van der Waals surface area contributed by atoms with Gasteiger partial charge in [0.2, 0.25) is 0 Å². The van der Waals surface area contributed by atoms with E-state index in [2.05, 4.69) is 27.3 Å². The van der Waals surface area contributed by atoms with Crippen LogP contribution in [-0.4, -0.2) is 45.2 Å². The molecule has 0 aliphatic rings. The molecule has 1 N–H and O–H groups in total. The Morgan fingerprint density at radius 1 is 1.00 bits per heavy atom. The van der Waals surface area contributed by atoms with Crippen LogP contribution < -0.4 is 5.32 Å². The van der Waals surface area contributed by atoms with E-state index in [4.69, 9.17) is 0 Å². The number of nitrogens with one attached hydrogen (secondary N) is 1. The van der Waals surface area contributed by atoms with Crippen molar-refractivity contribution in [3.05, 3.63) is 71.8 Å². The first-order valence-corrected chi connectivity index (χ1v) is 11.1. The highest BCUT2D eigenvalue weighted by Gasteiger charge is 2.12. The van der Waals surface area contributed by atoms with Gasteiger partial charge in [0.1, 0.15) is 0 Å². The summed E-state index contributed by atoms with van der Waals surface area (Å²) in [5.74, 6) is 1.03. The summed E-state index contributed by atoms with van der Waals surface area (Å²) >= 11 is 0. The summed E-state index contributed by atoms with van der Waals surface area (Å²) in [6, 6.07) is 19.5. The Balaban J connectivity index is 0.00000392. The number of guanidine groups is 1. The first-order chi connectivity index (χ1) is 13.0. The molecule has 0 fully saturated rings. The predicted molar refractivity (Wildman–Crippen MR) is 128 cm³/mol. The van der Waals surface area contributed by atoms with Crippen molar-refractivity contribution in [1.29, 1.82) is 0 Å². The highest BCUT2D eigenvalue weighted by molar-refractivity contribution is 14.0. The minimum atomic E-state index is -3.12. The molecule has 154 valence electrons. The first-order valence-electron chi connectivity index (χ1n) is 9.28. The van der Waals surface area contributed by atoms with Crippen LogP contribution in [0.2, 0.25) is 0 Å². The van der Waals surface area contributed by atoms with Gasteiger partial charge in [-0.2, -0.15) is 0 Å². The fourth-order valence-electron chi connectivity index (χ4n) is 2.77. The van der Waals surface area contributed by atoms with E-state index >= 15 is 0 Å². The second kappa shape index (κ2) is 12.8. The summed E-state index contributed by atoms with van der Waals surface area (Å²) in [6.07, 6.45) is 0.517. The molecular weight excluding hydrogens is 485 g/mol. The molecule has 5 nitrogen and oxygen atoms in total. The smallest absolute Gasteiger partial charge is 0.193 e. The van der Waals surface area contributed by atoms with Gasteiger partial charge in [0.05, 0.1) is 11.5 Å². The summed E-state index contributed by atoms with van der Waals surface area (Å²) < 4.78 is 24.5. The zero-order valence-electron chi connectivity index (χ0n) is 16.5. The zero-order valence-corrected chi connectivity index (χ0v) is 19.7. The maximum absolute atomic E-state index is 12.3. The van der Waals surface area contributed by atoms with Gasteiger partial charge in [-0.15, -0.1) is 24.0 Å². The lowest BCUT2D eigenvalue weighted by Gasteiger charge is -2.22. The molecule has 2 aromatic rings. The summed E-state index contributed by atoms with van der Waals surface area (Å²) in [6.45, 7) is 4.02. The van der Waals surface area contributed by atoms with Gasteiger partial charge < -0.3 is 10.2 Å². The minimum absolute atomic E-state index is 0. The van der Waals surface area contributed by atoms with Crippen LogP contribution >= 0.6 is 24.0 Å². The number of sulfone groups is 1. The van der Waals surface area contributed by atoms with Crippen LogP contribution in [0.25, 0.3) is 0 Å². The van der Waals surface area contributed by atoms with Gasteiger partial charge in [-0.05, 0) is 24.5 Å². The van der Waals surface area contributed by atoms with Crippen molar-refractivity contribution in [2.45, 2.75) is 25.6 Å². The third-order valence-electron chi connectivity index (χ3n) is 4.06. The van der Waals surface area contributed by atoms with Crippen molar-refractivity contribution in [3.63, 3.8) is 0 Å². The first kappa shape index (κ1) is 24.4. The Morgan fingerprint density at radius 2 is 1.57 bits per heavy atom. The average Bonchev–Trinajstić information content (AvgIpc) is 2.65. The van der Waals surface area contributed by atoms with E-state index in [1.54, 1.807) is 0 Å². The van der Waals surface area contributed by atoms with Crippen molar-refractivity contribution >= 4 is 39.8 Å². The van der Waals surface area contributed by atoms with E-state index in [1.165, 1.54) is 5.56 Å². The van der Waals surface area contributed by atoms with Gasteiger partial charge in [-0.25, -0.2) is 8.42 Å². The van der Waals surface area contributed by atoms with Crippen LogP contribution in [-0.2, 0) is 22.1 Å². The summed E-state index contributed by atoms with van der Waals surface area (Å²) in [5, 5.41) is 3.27. The van der Waals surface area contributed by atoms with Crippen molar-refractivity contribution < 1.29 is 8.42 Å². The molecular formula is C21H30IN3O2S. The number of rotatable bonds is 9. The highest BCUT2D eigenvalue weighted by atomic mass is 127. The van der Waals surface area contributed by atoms with Crippen molar-refractivity contribution in [2.24, 2.45) is 4.99 Å². The molecule has 28 heavy (non-hydrogen) atoms. The molecule has 0 bridgehead atoms. The van der Waals surface area contributed by atoms with E-state index < -0.39 is 9.84 Å². The van der Waals surface area contributed by atoms with Crippen LogP contribution in [0.1, 0.15) is 24.5 Å². The van der Waals surface area contributed by atoms with Gasteiger partial charge in [0.25, 0.3) is 0 Å². The van der Waals surface area contributed by atoms with Crippen molar-refractivity contribution in [1.82, 2.24) is 10.2 Å². The number of benzene rings is 2. The molecule has 0 spiro atoms. The summed E-state index contributed by atoms with van der Waals surface area (Å²) in [4.78, 5) is 6.64. The molecule has 7 heteroatoms. The van der Waals surface area contributed by atoms with Gasteiger partial charge >= 0.3 is 0 Å². The topological polar surface area (TPSA) is 61.8 Å². The lowest BCUT2D eigenvalue weighted by atomic mass is 10.2. The molecule has 0 aliphatic carbocycles. The Kier molecular flexibility index (Phi) is 11.1. The third kappa shape index (κ3) is 9.05.